The third kappa shape index (κ3) is 3.58. The van der Waals surface area contributed by atoms with Crippen molar-refractivity contribution in [2.75, 3.05) is 43.6 Å². The molecule has 1 aliphatic heterocycles. The van der Waals surface area contributed by atoms with Gasteiger partial charge in [0.25, 0.3) is 5.91 Å². The van der Waals surface area contributed by atoms with Crippen LogP contribution in [0.15, 0.2) is 29.6 Å². The highest BCUT2D eigenvalue weighted by Crippen LogP contribution is 2.32. The molecule has 1 aromatic carbocycles. The number of aromatic nitrogens is 2. The molecule has 0 bridgehead atoms. The Bertz CT molecular complexity index is 965. The Kier molecular flexibility index (Phi) is 4.91. The average Bonchev–Trinajstić information content (AvgIpc) is 3.09. The van der Waals surface area contributed by atoms with Crippen LogP contribution in [-0.4, -0.2) is 49.3 Å². The quantitative estimate of drug-likeness (QED) is 0.745. The number of thiophene rings is 1. The second kappa shape index (κ2) is 7.50. The molecule has 27 heavy (non-hydrogen) atoms. The highest BCUT2D eigenvalue weighted by molar-refractivity contribution is 7.11. The largest absolute Gasteiger partial charge is 0.497 e. The lowest BCUT2D eigenvalue weighted by molar-refractivity contribution is 0.101. The van der Waals surface area contributed by atoms with E-state index in [9.17, 15) is 4.79 Å². The van der Waals surface area contributed by atoms with Gasteiger partial charge in [0.2, 0.25) is 5.82 Å². The summed E-state index contributed by atoms with van der Waals surface area (Å²) in [5.41, 5.74) is 1.47. The average molecular weight is 384 g/mol. The van der Waals surface area contributed by atoms with Gasteiger partial charge in [-0.05, 0) is 31.2 Å². The van der Waals surface area contributed by atoms with Crippen LogP contribution < -0.4 is 15.0 Å². The number of fused-ring (bicyclic) bond motifs is 1. The lowest BCUT2D eigenvalue weighted by atomic mass is 10.2. The molecule has 1 fully saturated rings. The maximum Gasteiger partial charge on any atom is 0.293 e. The first-order chi connectivity index (χ1) is 13.2. The first kappa shape index (κ1) is 17.7. The van der Waals surface area contributed by atoms with Crippen molar-refractivity contribution in [3.63, 3.8) is 0 Å². The van der Waals surface area contributed by atoms with Gasteiger partial charge in [0.1, 0.15) is 11.6 Å². The summed E-state index contributed by atoms with van der Waals surface area (Å²) in [5, 5.41) is 5.84. The Labute approximate surface area is 160 Å². The fraction of sp³-hybridized carbons (Fsp3) is 0.316. The van der Waals surface area contributed by atoms with E-state index in [1.54, 1.807) is 42.7 Å². The molecule has 2 aromatic heterocycles. The summed E-state index contributed by atoms with van der Waals surface area (Å²) in [6.45, 7) is 4.86. The van der Waals surface area contributed by atoms with Gasteiger partial charge in [0.05, 0.1) is 31.2 Å². The number of hydrogen-bond acceptors (Lipinski definition) is 7. The Morgan fingerprint density at radius 3 is 2.67 bits per heavy atom. The molecule has 0 saturated carbocycles. The van der Waals surface area contributed by atoms with Gasteiger partial charge < -0.3 is 19.7 Å². The van der Waals surface area contributed by atoms with E-state index in [0.717, 1.165) is 40.4 Å². The van der Waals surface area contributed by atoms with Gasteiger partial charge in [-0.15, -0.1) is 11.3 Å². The smallest absolute Gasteiger partial charge is 0.293 e. The van der Waals surface area contributed by atoms with Crippen molar-refractivity contribution in [1.29, 1.82) is 0 Å². The zero-order chi connectivity index (χ0) is 18.8. The number of ether oxygens (including phenoxy) is 2. The highest BCUT2D eigenvalue weighted by Gasteiger charge is 2.22. The number of amides is 1. The van der Waals surface area contributed by atoms with Crippen LogP contribution in [0.5, 0.6) is 5.75 Å². The van der Waals surface area contributed by atoms with E-state index in [2.05, 4.69) is 27.1 Å². The molecule has 1 N–H and O–H groups in total. The third-order valence-corrected chi connectivity index (χ3v) is 5.38. The van der Waals surface area contributed by atoms with Crippen LogP contribution in [0.25, 0.3) is 10.9 Å². The molecule has 0 radical (unpaired) electrons. The monoisotopic (exact) mass is 384 g/mol. The number of benzene rings is 1. The molecule has 8 heteroatoms. The van der Waals surface area contributed by atoms with Crippen molar-refractivity contribution in [3.8, 4) is 5.75 Å². The minimum Gasteiger partial charge on any atom is -0.497 e. The summed E-state index contributed by atoms with van der Waals surface area (Å²) in [5.74, 6) is 1.37. The molecule has 1 amide bonds. The Balaban J connectivity index is 1.67. The van der Waals surface area contributed by atoms with Gasteiger partial charge >= 0.3 is 0 Å². The van der Waals surface area contributed by atoms with Gasteiger partial charge in [-0.25, -0.2) is 9.97 Å². The second-order valence-corrected chi connectivity index (χ2v) is 7.29. The molecular formula is C19H20N4O3S. The number of carbonyl (C=O) groups excluding carboxylic acids is 1. The molecule has 1 saturated heterocycles. The minimum atomic E-state index is -0.333. The second-order valence-electron chi connectivity index (χ2n) is 6.20. The van der Waals surface area contributed by atoms with E-state index < -0.39 is 0 Å². The highest BCUT2D eigenvalue weighted by atomic mass is 32.1. The molecule has 7 nitrogen and oxygen atoms in total. The first-order valence-corrected chi connectivity index (χ1v) is 9.57. The first-order valence-electron chi connectivity index (χ1n) is 8.69. The summed E-state index contributed by atoms with van der Waals surface area (Å²) in [4.78, 5) is 25.2. The van der Waals surface area contributed by atoms with Crippen molar-refractivity contribution >= 4 is 39.7 Å². The standard InChI is InChI=1S/C19H20N4O3S/c1-12-16-15(11-27-12)21-17(22-18(16)23-7-9-26-10-8-23)19(24)20-13-3-5-14(25-2)6-4-13/h3-6,11H,7-10H2,1-2H3,(H,20,24). The fourth-order valence-electron chi connectivity index (χ4n) is 3.06. The molecule has 3 aromatic rings. The Morgan fingerprint density at radius 1 is 1.22 bits per heavy atom. The van der Waals surface area contributed by atoms with Crippen LogP contribution in [0.1, 0.15) is 15.5 Å². The van der Waals surface area contributed by atoms with Crippen molar-refractivity contribution in [2.45, 2.75) is 6.92 Å². The van der Waals surface area contributed by atoms with E-state index in [1.807, 2.05) is 5.38 Å². The molecule has 0 unspecified atom stereocenters. The molecule has 1 aliphatic rings. The number of nitrogens with one attached hydrogen (secondary N) is 1. The Morgan fingerprint density at radius 2 is 1.96 bits per heavy atom. The van der Waals surface area contributed by atoms with Crippen molar-refractivity contribution in [2.24, 2.45) is 0 Å². The van der Waals surface area contributed by atoms with E-state index >= 15 is 0 Å². The normalized spacial score (nSPS) is 14.4. The van der Waals surface area contributed by atoms with E-state index in [0.29, 0.717) is 18.9 Å². The molecule has 140 valence electrons. The lowest BCUT2D eigenvalue weighted by Crippen LogP contribution is -2.37. The summed E-state index contributed by atoms with van der Waals surface area (Å²) in [6, 6.07) is 7.15. The minimum absolute atomic E-state index is 0.164. The fourth-order valence-corrected chi connectivity index (χ4v) is 3.83. The molecule has 0 atom stereocenters. The lowest BCUT2D eigenvalue weighted by Gasteiger charge is -2.28. The number of methoxy groups -OCH3 is 1. The summed E-state index contributed by atoms with van der Waals surface area (Å²) >= 11 is 1.62. The Hall–Kier alpha value is -2.71. The van der Waals surface area contributed by atoms with Gasteiger partial charge in [0, 0.05) is 29.0 Å². The van der Waals surface area contributed by atoms with Crippen LogP contribution >= 0.6 is 11.3 Å². The maximum atomic E-state index is 12.7. The van der Waals surface area contributed by atoms with Crippen LogP contribution in [0.4, 0.5) is 11.5 Å². The number of carbonyl (C=O) groups is 1. The third-order valence-electron chi connectivity index (χ3n) is 4.48. The van der Waals surface area contributed by atoms with E-state index in [1.165, 1.54) is 0 Å². The van der Waals surface area contributed by atoms with Crippen LogP contribution in [-0.2, 0) is 4.74 Å². The SMILES string of the molecule is COc1ccc(NC(=O)c2nc(N3CCOCC3)c3c(C)scc3n2)cc1. The van der Waals surface area contributed by atoms with Crippen LogP contribution in [0, 0.1) is 6.92 Å². The van der Waals surface area contributed by atoms with Crippen molar-refractivity contribution in [3.05, 3.63) is 40.3 Å². The van der Waals surface area contributed by atoms with Crippen molar-refractivity contribution in [1.82, 2.24) is 9.97 Å². The van der Waals surface area contributed by atoms with Gasteiger partial charge in [-0.3, -0.25) is 4.79 Å². The topological polar surface area (TPSA) is 76.6 Å². The maximum absolute atomic E-state index is 12.7. The zero-order valence-corrected chi connectivity index (χ0v) is 16.0. The van der Waals surface area contributed by atoms with E-state index in [4.69, 9.17) is 9.47 Å². The molecular weight excluding hydrogens is 364 g/mol. The number of anilines is 2. The van der Waals surface area contributed by atoms with E-state index in [-0.39, 0.29) is 11.7 Å². The van der Waals surface area contributed by atoms with Crippen LogP contribution in [0.3, 0.4) is 0 Å². The molecule has 0 spiro atoms. The summed E-state index contributed by atoms with van der Waals surface area (Å²) in [7, 11) is 1.60. The molecule has 3 heterocycles. The number of aryl methyl sites for hydroxylation is 1. The predicted octanol–water partition coefficient (Wildman–Crippen LogP) is 3.10. The number of hydrogen-bond donors (Lipinski definition) is 1. The summed E-state index contributed by atoms with van der Waals surface area (Å²) in [6.07, 6.45) is 0. The molecule has 0 aliphatic carbocycles. The van der Waals surface area contributed by atoms with Gasteiger partial charge in [-0.1, -0.05) is 0 Å². The van der Waals surface area contributed by atoms with Gasteiger partial charge in [0.15, 0.2) is 0 Å². The number of rotatable bonds is 4. The predicted molar refractivity (Wildman–Crippen MR) is 106 cm³/mol. The number of nitrogens with zero attached hydrogens (tertiary/aromatic N) is 3. The zero-order valence-electron chi connectivity index (χ0n) is 15.2. The number of morpholine rings is 1. The van der Waals surface area contributed by atoms with Gasteiger partial charge in [-0.2, -0.15) is 0 Å². The van der Waals surface area contributed by atoms with Crippen LogP contribution in [0.2, 0.25) is 0 Å². The summed E-state index contributed by atoms with van der Waals surface area (Å²) < 4.78 is 10.6. The van der Waals surface area contributed by atoms with Crippen molar-refractivity contribution < 1.29 is 14.3 Å². The molecule has 4 rings (SSSR count).